The molecule has 0 aliphatic carbocycles. The Labute approximate surface area is 108 Å². The second kappa shape index (κ2) is 6.04. The van der Waals surface area contributed by atoms with E-state index in [2.05, 4.69) is 10.6 Å². The Bertz CT molecular complexity index is 304. The Hall–Kier alpha value is -1.30. The van der Waals surface area contributed by atoms with Gasteiger partial charge in [-0.25, -0.2) is 4.79 Å². The normalized spacial score (nSPS) is 24.4. The van der Waals surface area contributed by atoms with E-state index in [1.165, 1.54) is 0 Å². The van der Waals surface area contributed by atoms with Crippen LogP contribution in [0.5, 0.6) is 0 Å². The van der Waals surface area contributed by atoms with Crippen LogP contribution in [0.1, 0.15) is 33.6 Å². The summed E-state index contributed by atoms with van der Waals surface area (Å²) < 4.78 is 5.14. The van der Waals surface area contributed by atoms with Crippen molar-refractivity contribution in [3.8, 4) is 0 Å². The van der Waals surface area contributed by atoms with Gasteiger partial charge in [0.2, 0.25) is 5.91 Å². The van der Waals surface area contributed by atoms with Crippen molar-refractivity contribution < 1.29 is 14.3 Å². The Kier molecular flexibility index (Phi) is 4.95. The predicted molar refractivity (Wildman–Crippen MR) is 67.9 cm³/mol. The molecule has 0 unspecified atom stereocenters. The molecule has 104 valence electrons. The lowest BCUT2D eigenvalue weighted by atomic mass is 9.94. The van der Waals surface area contributed by atoms with Crippen LogP contribution in [0.15, 0.2) is 0 Å². The van der Waals surface area contributed by atoms with Crippen molar-refractivity contribution in [3.05, 3.63) is 0 Å². The molecule has 1 aliphatic heterocycles. The topological polar surface area (TPSA) is 93.4 Å². The minimum absolute atomic E-state index is 0.234. The first-order valence-electron chi connectivity index (χ1n) is 6.27. The van der Waals surface area contributed by atoms with Crippen molar-refractivity contribution in [1.82, 2.24) is 10.6 Å². The molecule has 1 fully saturated rings. The van der Waals surface area contributed by atoms with E-state index in [1.54, 1.807) is 0 Å². The lowest BCUT2D eigenvalue weighted by Gasteiger charge is -2.28. The number of piperidine rings is 1. The monoisotopic (exact) mass is 257 g/mol. The van der Waals surface area contributed by atoms with Gasteiger partial charge in [0, 0.05) is 13.1 Å². The molecule has 0 spiro atoms. The highest BCUT2D eigenvalue weighted by Gasteiger charge is 2.24. The number of rotatable bonds is 3. The first kappa shape index (κ1) is 14.8. The zero-order valence-corrected chi connectivity index (χ0v) is 11.3. The van der Waals surface area contributed by atoms with E-state index < -0.39 is 11.7 Å². The number of hydrogen-bond donors (Lipinski definition) is 3. The lowest BCUT2D eigenvalue weighted by molar-refractivity contribution is -0.120. The molecule has 6 heteroatoms. The predicted octanol–water partition coefficient (Wildman–Crippen LogP) is 0.365. The van der Waals surface area contributed by atoms with E-state index in [0.717, 1.165) is 12.8 Å². The van der Waals surface area contributed by atoms with Crippen LogP contribution < -0.4 is 16.4 Å². The van der Waals surface area contributed by atoms with Crippen LogP contribution in [0.25, 0.3) is 0 Å². The molecular formula is C12H23N3O3. The van der Waals surface area contributed by atoms with Gasteiger partial charge < -0.3 is 21.1 Å². The van der Waals surface area contributed by atoms with Gasteiger partial charge in [-0.3, -0.25) is 4.79 Å². The fourth-order valence-electron chi connectivity index (χ4n) is 1.87. The highest BCUT2D eigenvalue weighted by atomic mass is 16.6. The van der Waals surface area contributed by atoms with E-state index in [0.29, 0.717) is 19.0 Å². The molecule has 0 aromatic heterocycles. The van der Waals surface area contributed by atoms with Crippen LogP contribution in [-0.2, 0) is 9.53 Å². The summed E-state index contributed by atoms with van der Waals surface area (Å²) >= 11 is 0. The number of carbonyl (C=O) groups excluding carboxylic acids is 2. The maximum absolute atomic E-state index is 11.4. The summed E-state index contributed by atoms with van der Waals surface area (Å²) in [5.74, 6) is 0.00155. The summed E-state index contributed by atoms with van der Waals surface area (Å²) in [5, 5.41) is 5.81. The van der Waals surface area contributed by atoms with Gasteiger partial charge in [-0.2, -0.15) is 0 Å². The molecule has 0 saturated carbocycles. The number of nitrogens with two attached hydrogens (primary N) is 1. The molecule has 1 saturated heterocycles. The Morgan fingerprint density at radius 1 is 1.39 bits per heavy atom. The average molecular weight is 257 g/mol. The lowest BCUT2D eigenvalue weighted by Crippen LogP contribution is -2.49. The van der Waals surface area contributed by atoms with Gasteiger partial charge in [0.05, 0.1) is 6.04 Å². The maximum atomic E-state index is 11.4. The Balaban J connectivity index is 2.22. The summed E-state index contributed by atoms with van der Waals surface area (Å²) in [7, 11) is 0. The van der Waals surface area contributed by atoms with Gasteiger partial charge in [-0.05, 0) is 39.5 Å². The summed E-state index contributed by atoms with van der Waals surface area (Å²) in [5.41, 5.74) is 4.73. The second-order valence-corrected chi connectivity index (χ2v) is 5.69. The zero-order valence-electron chi connectivity index (χ0n) is 11.3. The molecule has 0 radical (unpaired) electrons. The molecule has 6 nitrogen and oxygen atoms in total. The van der Waals surface area contributed by atoms with E-state index in [1.807, 2.05) is 20.8 Å². The Morgan fingerprint density at radius 2 is 2.06 bits per heavy atom. The quantitative estimate of drug-likeness (QED) is 0.680. The van der Waals surface area contributed by atoms with E-state index in [4.69, 9.17) is 10.5 Å². The van der Waals surface area contributed by atoms with Crippen molar-refractivity contribution in [2.45, 2.75) is 45.3 Å². The van der Waals surface area contributed by atoms with Crippen molar-refractivity contribution in [2.75, 3.05) is 13.1 Å². The van der Waals surface area contributed by atoms with Gasteiger partial charge in [0.1, 0.15) is 5.60 Å². The zero-order chi connectivity index (χ0) is 13.8. The molecule has 18 heavy (non-hydrogen) atoms. The molecular weight excluding hydrogens is 234 g/mol. The molecule has 1 heterocycles. The number of primary amides is 1. The molecule has 2 atom stereocenters. The number of nitrogens with one attached hydrogen (secondary N) is 2. The third kappa shape index (κ3) is 5.35. The highest BCUT2D eigenvalue weighted by molar-refractivity contribution is 5.79. The summed E-state index contributed by atoms with van der Waals surface area (Å²) in [6.45, 7) is 6.71. The number of carbonyl (C=O) groups is 2. The van der Waals surface area contributed by atoms with Crippen molar-refractivity contribution in [3.63, 3.8) is 0 Å². The summed E-state index contributed by atoms with van der Waals surface area (Å²) in [6, 6.07) is -0.234. The number of ether oxygens (including phenoxy) is 1. The van der Waals surface area contributed by atoms with Crippen LogP contribution >= 0.6 is 0 Å². The van der Waals surface area contributed by atoms with Gasteiger partial charge >= 0.3 is 6.09 Å². The van der Waals surface area contributed by atoms with E-state index in [9.17, 15) is 9.59 Å². The summed E-state index contributed by atoms with van der Waals surface area (Å²) in [6.07, 6.45) is 1.19. The van der Waals surface area contributed by atoms with E-state index >= 15 is 0 Å². The number of hydrogen-bond acceptors (Lipinski definition) is 4. The first-order chi connectivity index (χ1) is 8.28. The van der Waals surface area contributed by atoms with Crippen LogP contribution in [-0.4, -0.2) is 36.7 Å². The van der Waals surface area contributed by atoms with Crippen molar-refractivity contribution in [1.29, 1.82) is 0 Å². The molecule has 0 bridgehead atoms. The largest absolute Gasteiger partial charge is 0.444 e. The summed E-state index contributed by atoms with van der Waals surface area (Å²) in [4.78, 5) is 22.4. The van der Waals surface area contributed by atoms with Gasteiger partial charge in [0.15, 0.2) is 0 Å². The molecule has 4 N–H and O–H groups in total. The minimum atomic E-state index is -0.480. The molecule has 1 aliphatic rings. The number of amides is 2. The molecule has 0 aromatic carbocycles. The van der Waals surface area contributed by atoms with Gasteiger partial charge in [-0.15, -0.1) is 0 Å². The first-order valence-corrected chi connectivity index (χ1v) is 6.27. The van der Waals surface area contributed by atoms with Crippen LogP contribution in [0, 0.1) is 5.92 Å². The minimum Gasteiger partial charge on any atom is -0.444 e. The van der Waals surface area contributed by atoms with Crippen LogP contribution in [0.2, 0.25) is 0 Å². The van der Waals surface area contributed by atoms with Crippen LogP contribution in [0.4, 0.5) is 4.79 Å². The third-order valence-electron chi connectivity index (χ3n) is 2.79. The molecule has 1 rings (SSSR count). The van der Waals surface area contributed by atoms with Crippen molar-refractivity contribution in [2.24, 2.45) is 11.7 Å². The molecule has 0 aromatic rings. The fourth-order valence-corrected chi connectivity index (χ4v) is 1.87. The maximum Gasteiger partial charge on any atom is 0.407 e. The van der Waals surface area contributed by atoms with Gasteiger partial charge in [0.25, 0.3) is 0 Å². The smallest absolute Gasteiger partial charge is 0.407 e. The fraction of sp³-hybridized carbons (Fsp3) is 0.833. The van der Waals surface area contributed by atoms with Crippen LogP contribution in [0.3, 0.4) is 0 Å². The Morgan fingerprint density at radius 3 is 2.50 bits per heavy atom. The second-order valence-electron chi connectivity index (χ2n) is 5.69. The number of alkyl carbamates (subject to hydrolysis) is 1. The average Bonchev–Trinajstić information content (AvgIpc) is 2.24. The SMILES string of the molecule is CC(C)(C)OC(=O)NC[C@@H]1CC[C@@H](C(N)=O)NC1. The highest BCUT2D eigenvalue weighted by Crippen LogP contribution is 2.13. The molecule has 2 amide bonds. The third-order valence-corrected chi connectivity index (χ3v) is 2.79. The standard InChI is InChI=1S/C12H23N3O3/c1-12(2,3)18-11(17)15-7-8-4-5-9(10(13)16)14-6-8/h8-9,14H,4-7H2,1-3H3,(H2,13,16)(H,15,17)/t8-,9+/m1/s1. The van der Waals surface area contributed by atoms with Gasteiger partial charge in [-0.1, -0.05) is 0 Å². The van der Waals surface area contributed by atoms with E-state index in [-0.39, 0.29) is 11.9 Å². The van der Waals surface area contributed by atoms with Crippen molar-refractivity contribution >= 4 is 12.0 Å².